The van der Waals surface area contributed by atoms with Crippen molar-refractivity contribution >= 4 is 0 Å². The number of rotatable bonds is 8. The van der Waals surface area contributed by atoms with E-state index in [1.54, 1.807) is 0 Å². The van der Waals surface area contributed by atoms with Crippen LogP contribution in [0.5, 0.6) is 5.75 Å². The third-order valence-corrected chi connectivity index (χ3v) is 3.66. The van der Waals surface area contributed by atoms with Gasteiger partial charge in [-0.05, 0) is 43.6 Å². The van der Waals surface area contributed by atoms with Crippen molar-refractivity contribution in [2.75, 3.05) is 39.5 Å². The van der Waals surface area contributed by atoms with Crippen LogP contribution in [0.3, 0.4) is 0 Å². The van der Waals surface area contributed by atoms with E-state index in [-0.39, 0.29) is 0 Å². The zero-order valence-corrected chi connectivity index (χ0v) is 12.2. The van der Waals surface area contributed by atoms with Gasteiger partial charge < -0.3 is 20.1 Å². The van der Waals surface area contributed by atoms with Crippen LogP contribution in [0.4, 0.5) is 0 Å². The number of benzene rings is 1. The first-order chi connectivity index (χ1) is 9.88. The standard InChI is InChI=1S/C16H26N2O2/c17-14-15-4-6-16(7-5-15)20-13-12-19-11-10-18-8-2-1-3-9-18/h4-7H,1-3,8-14,17H2. The molecule has 0 spiro atoms. The Balaban J connectivity index is 1.50. The molecular weight excluding hydrogens is 252 g/mol. The average molecular weight is 278 g/mol. The second kappa shape index (κ2) is 8.95. The van der Waals surface area contributed by atoms with Crippen molar-refractivity contribution in [3.63, 3.8) is 0 Å². The lowest BCUT2D eigenvalue weighted by Gasteiger charge is -2.26. The zero-order chi connectivity index (χ0) is 14.0. The maximum Gasteiger partial charge on any atom is 0.119 e. The minimum atomic E-state index is 0.569. The predicted octanol–water partition coefficient (Wildman–Crippen LogP) is 2.03. The number of hydrogen-bond donors (Lipinski definition) is 1. The van der Waals surface area contributed by atoms with E-state index in [0.717, 1.165) is 24.5 Å². The van der Waals surface area contributed by atoms with Crippen LogP contribution in [0.15, 0.2) is 24.3 Å². The maximum atomic E-state index is 5.62. The molecular formula is C16H26N2O2. The Hall–Kier alpha value is -1.10. The van der Waals surface area contributed by atoms with Gasteiger partial charge in [0.15, 0.2) is 0 Å². The van der Waals surface area contributed by atoms with Crippen LogP contribution in [0, 0.1) is 0 Å². The number of piperidine rings is 1. The molecule has 1 fully saturated rings. The lowest BCUT2D eigenvalue weighted by atomic mass is 10.1. The second-order valence-electron chi connectivity index (χ2n) is 5.21. The number of likely N-dealkylation sites (tertiary alicyclic amines) is 1. The van der Waals surface area contributed by atoms with Crippen LogP contribution in [0.1, 0.15) is 24.8 Å². The fourth-order valence-electron chi connectivity index (χ4n) is 2.42. The van der Waals surface area contributed by atoms with Crippen LogP contribution in [0.25, 0.3) is 0 Å². The third-order valence-electron chi connectivity index (χ3n) is 3.66. The molecule has 1 saturated heterocycles. The molecule has 1 aliphatic rings. The SMILES string of the molecule is NCc1ccc(OCCOCCN2CCCCC2)cc1. The van der Waals surface area contributed by atoms with Crippen LogP contribution < -0.4 is 10.5 Å². The van der Waals surface area contributed by atoms with Gasteiger partial charge >= 0.3 is 0 Å². The van der Waals surface area contributed by atoms with Crippen LogP contribution in [-0.4, -0.2) is 44.4 Å². The maximum absolute atomic E-state index is 5.62. The van der Waals surface area contributed by atoms with E-state index in [4.69, 9.17) is 15.2 Å². The Labute approximate surface area is 121 Å². The molecule has 1 aliphatic heterocycles. The lowest BCUT2D eigenvalue weighted by Crippen LogP contribution is -2.32. The zero-order valence-electron chi connectivity index (χ0n) is 12.2. The molecule has 2 rings (SSSR count). The molecule has 0 radical (unpaired) electrons. The van der Waals surface area contributed by atoms with Gasteiger partial charge in [-0.25, -0.2) is 0 Å². The molecule has 4 heteroatoms. The topological polar surface area (TPSA) is 47.7 Å². The van der Waals surface area contributed by atoms with E-state index in [1.165, 1.54) is 32.4 Å². The predicted molar refractivity (Wildman–Crippen MR) is 80.9 cm³/mol. The highest BCUT2D eigenvalue weighted by atomic mass is 16.5. The molecule has 20 heavy (non-hydrogen) atoms. The molecule has 0 unspecified atom stereocenters. The molecule has 4 nitrogen and oxygen atoms in total. The van der Waals surface area contributed by atoms with Crippen molar-refractivity contribution in [1.29, 1.82) is 0 Å². The van der Waals surface area contributed by atoms with Crippen molar-refractivity contribution < 1.29 is 9.47 Å². The molecule has 0 bridgehead atoms. The molecule has 0 atom stereocenters. The summed E-state index contributed by atoms with van der Waals surface area (Å²) in [5, 5.41) is 0. The summed E-state index contributed by atoms with van der Waals surface area (Å²) >= 11 is 0. The molecule has 0 amide bonds. The van der Waals surface area contributed by atoms with Gasteiger partial charge in [0.2, 0.25) is 0 Å². The fraction of sp³-hybridized carbons (Fsp3) is 0.625. The molecule has 2 N–H and O–H groups in total. The molecule has 112 valence electrons. The molecule has 0 saturated carbocycles. The molecule has 0 aromatic heterocycles. The van der Waals surface area contributed by atoms with E-state index in [9.17, 15) is 0 Å². The quantitative estimate of drug-likeness (QED) is 0.739. The molecule has 1 heterocycles. The Morgan fingerprint density at radius 2 is 1.70 bits per heavy atom. The van der Waals surface area contributed by atoms with Crippen molar-refractivity contribution in [2.24, 2.45) is 5.73 Å². The van der Waals surface area contributed by atoms with Gasteiger partial charge in [-0.2, -0.15) is 0 Å². The summed E-state index contributed by atoms with van der Waals surface area (Å²) in [5.41, 5.74) is 6.67. The highest BCUT2D eigenvalue weighted by Gasteiger charge is 2.08. The minimum Gasteiger partial charge on any atom is -0.491 e. The summed E-state index contributed by atoms with van der Waals surface area (Å²) in [6.45, 7) is 6.12. The first kappa shape index (κ1) is 15.3. The van der Waals surface area contributed by atoms with Gasteiger partial charge in [0.1, 0.15) is 12.4 Å². The Bertz CT molecular complexity index is 361. The minimum absolute atomic E-state index is 0.569. The van der Waals surface area contributed by atoms with Gasteiger partial charge in [-0.15, -0.1) is 0 Å². The molecule has 0 aliphatic carbocycles. The average Bonchev–Trinajstić information content (AvgIpc) is 2.52. The van der Waals surface area contributed by atoms with Gasteiger partial charge in [0.25, 0.3) is 0 Å². The fourth-order valence-corrected chi connectivity index (χ4v) is 2.42. The first-order valence-electron chi connectivity index (χ1n) is 7.60. The van der Waals surface area contributed by atoms with Crippen molar-refractivity contribution in [3.05, 3.63) is 29.8 Å². The van der Waals surface area contributed by atoms with Crippen molar-refractivity contribution in [3.8, 4) is 5.75 Å². The van der Waals surface area contributed by atoms with Gasteiger partial charge in [-0.3, -0.25) is 0 Å². The van der Waals surface area contributed by atoms with Gasteiger partial charge in [0.05, 0.1) is 13.2 Å². The summed E-state index contributed by atoms with van der Waals surface area (Å²) in [6, 6.07) is 7.89. The normalized spacial score (nSPS) is 16.2. The van der Waals surface area contributed by atoms with Crippen molar-refractivity contribution in [2.45, 2.75) is 25.8 Å². The Morgan fingerprint density at radius 1 is 0.950 bits per heavy atom. The molecule has 1 aromatic rings. The van der Waals surface area contributed by atoms with E-state index in [1.807, 2.05) is 24.3 Å². The monoisotopic (exact) mass is 278 g/mol. The van der Waals surface area contributed by atoms with Gasteiger partial charge in [-0.1, -0.05) is 18.6 Å². The van der Waals surface area contributed by atoms with Crippen molar-refractivity contribution in [1.82, 2.24) is 4.90 Å². The number of nitrogens with two attached hydrogens (primary N) is 1. The summed E-state index contributed by atoms with van der Waals surface area (Å²) in [5.74, 6) is 0.877. The number of ether oxygens (including phenoxy) is 2. The number of hydrogen-bond acceptors (Lipinski definition) is 4. The van der Waals surface area contributed by atoms with E-state index < -0.39 is 0 Å². The first-order valence-corrected chi connectivity index (χ1v) is 7.60. The summed E-state index contributed by atoms with van der Waals surface area (Å²) in [4.78, 5) is 2.48. The Kier molecular flexibility index (Phi) is 6.84. The smallest absolute Gasteiger partial charge is 0.119 e. The lowest BCUT2D eigenvalue weighted by molar-refractivity contribution is 0.0750. The van der Waals surface area contributed by atoms with E-state index >= 15 is 0 Å². The van der Waals surface area contributed by atoms with Gasteiger partial charge in [0, 0.05) is 13.1 Å². The van der Waals surface area contributed by atoms with E-state index in [0.29, 0.717) is 19.8 Å². The second-order valence-corrected chi connectivity index (χ2v) is 5.21. The van der Waals surface area contributed by atoms with Crippen LogP contribution in [-0.2, 0) is 11.3 Å². The van der Waals surface area contributed by atoms with E-state index in [2.05, 4.69) is 4.90 Å². The highest BCUT2D eigenvalue weighted by Crippen LogP contribution is 2.11. The summed E-state index contributed by atoms with van der Waals surface area (Å²) in [6.07, 6.45) is 4.05. The third kappa shape index (κ3) is 5.49. The Morgan fingerprint density at radius 3 is 2.40 bits per heavy atom. The highest BCUT2D eigenvalue weighted by molar-refractivity contribution is 5.26. The van der Waals surface area contributed by atoms with Crippen LogP contribution in [0.2, 0.25) is 0 Å². The largest absolute Gasteiger partial charge is 0.491 e. The summed E-state index contributed by atoms with van der Waals surface area (Å²) in [7, 11) is 0. The number of nitrogens with zero attached hydrogens (tertiary/aromatic N) is 1. The van der Waals surface area contributed by atoms with Crippen LogP contribution >= 0.6 is 0 Å². The molecule has 1 aromatic carbocycles. The summed E-state index contributed by atoms with van der Waals surface area (Å²) < 4.78 is 11.2.